The van der Waals surface area contributed by atoms with Gasteiger partial charge < -0.3 is 10.5 Å². The summed E-state index contributed by atoms with van der Waals surface area (Å²) in [6, 6.07) is 13.7. The molecule has 0 radical (unpaired) electrons. The summed E-state index contributed by atoms with van der Waals surface area (Å²) in [5.41, 5.74) is 7.78. The second-order valence-corrected chi connectivity index (χ2v) is 5.51. The highest BCUT2D eigenvalue weighted by Crippen LogP contribution is 2.27. The highest BCUT2D eigenvalue weighted by Gasteiger charge is 2.03. The monoisotopic (exact) mass is 339 g/mol. The molecule has 0 aromatic heterocycles. The molecule has 0 atom stereocenters. The quantitative estimate of drug-likeness (QED) is 0.886. The van der Waals surface area contributed by atoms with E-state index in [0.717, 1.165) is 27.2 Å². The van der Waals surface area contributed by atoms with E-state index in [9.17, 15) is 0 Å². The van der Waals surface area contributed by atoms with Gasteiger partial charge in [-0.25, -0.2) is 0 Å². The molecule has 0 saturated carbocycles. The molecule has 0 amide bonds. The Morgan fingerprint density at radius 3 is 2.63 bits per heavy atom. The van der Waals surface area contributed by atoms with Gasteiger partial charge in [-0.2, -0.15) is 0 Å². The zero-order valence-corrected chi connectivity index (χ0v) is 12.7. The molecule has 0 heterocycles. The van der Waals surface area contributed by atoms with Gasteiger partial charge in [0.05, 0.1) is 4.47 Å². The maximum atomic E-state index is 5.94. The topological polar surface area (TPSA) is 35.2 Å². The van der Waals surface area contributed by atoms with Crippen LogP contribution in [-0.4, -0.2) is 6.54 Å². The van der Waals surface area contributed by atoms with Gasteiger partial charge in [0, 0.05) is 5.02 Å². The van der Waals surface area contributed by atoms with Crippen LogP contribution < -0.4 is 10.5 Å². The average molecular weight is 341 g/mol. The minimum Gasteiger partial charge on any atom is -0.488 e. The van der Waals surface area contributed by atoms with E-state index >= 15 is 0 Å². The number of nitrogens with two attached hydrogens (primary N) is 1. The van der Waals surface area contributed by atoms with E-state index in [0.29, 0.717) is 13.2 Å². The molecule has 0 fully saturated rings. The third kappa shape index (κ3) is 4.23. The van der Waals surface area contributed by atoms with Gasteiger partial charge in [-0.15, -0.1) is 0 Å². The maximum absolute atomic E-state index is 5.94. The minimum absolute atomic E-state index is 0.495. The van der Waals surface area contributed by atoms with Gasteiger partial charge in [0.2, 0.25) is 0 Å². The molecular formula is C15H15BrClNO. The fourth-order valence-electron chi connectivity index (χ4n) is 1.77. The average Bonchev–Trinajstić information content (AvgIpc) is 2.38. The van der Waals surface area contributed by atoms with Crippen LogP contribution in [0.5, 0.6) is 5.75 Å². The number of rotatable bonds is 5. The first-order chi connectivity index (χ1) is 9.19. The Labute approximate surface area is 126 Å². The Morgan fingerprint density at radius 2 is 1.95 bits per heavy atom. The Balaban J connectivity index is 2.03. The predicted octanol–water partition coefficient (Wildman–Crippen LogP) is 4.18. The van der Waals surface area contributed by atoms with Crippen molar-refractivity contribution < 1.29 is 4.74 Å². The summed E-state index contributed by atoms with van der Waals surface area (Å²) >= 11 is 9.45. The largest absolute Gasteiger partial charge is 0.488 e. The highest BCUT2D eigenvalue weighted by molar-refractivity contribution is 9.10. The van der Waals surface area contributed by atoms with Crippen molar-refractivity contribution >= 4 is 27.5 Å². The van der Waals surface area contributed by atoms with Gasteiger partial charge in [-0.1, -0.05) is 29.8 Å². The van der Waals surface area contributed by atoms with E-state index in [4.69, 9.17) is 22.1 Å². The van der Waals surface area contributed by atoms with E-state index in [1.807, 2.05) is 42.5 Å². The predicted molar refractivity (Wildman–Crippen MR) is 82.7 cm³/mol. The first kappa shape index (κ1) is 14.4. The molecule has 2 N–H and O–H groups in total. The van der Waals surface area contributed by atoms with E-state index in [1.165, 1.54) is 5.56 Å². The zero-order valence-electron chi connectivity index (χ0n) is 10.4. The summed E-state index contributed by atoms with van der Waals surface area (Å²) in [5, 5.41) is 0.721. The number of hydrogen-bond acceptors (Lipinski definition) is 2. The van der Waals surface area contributed by atoms with Crippen LogP contribution in [0.1, 0.15) is 11.1 Å². The minimum atomic E-state index is 0.495. The third-order valence-corrected chi connectivity index (χ3v) is 3.57. The van der Waals surface area contributed by atoms with Gasteiger partial charge in [-0.05, 0) is 64.3 Å². The van der Waals surface area contributed by atoms with Crippen molar-refractivity contribution in [1.82, 2.24) is 0 Å². The van der Waals surface area contributed by atoms with Crippen LogP contribution in [0.3, 0.4) is 0 Å². The zero-order chi connectivity index (χ0) is 13.7. The number of hydrogen-bond donors (Lipinski definition) is 1. The van der Waals surface area contributed by atoms with Crippen molar-refractivity contribution in [2.24, 2.45) is 5.73 Å². The van der Waals surface area contributed by atoms with Gasteiger partial charge in [0.15, 0.2) is 0 Å². The molecule has 0 unspecified atom stereocenters. The molecule has 0 aliphatic rings. The first-order valence-electron chi connectivity index (χ1n) is 6.05. The van der Waals surface area contributed by atoms with Crippen LogP contribution in [-0.2, 0) is 13.0 Å². The molecule has 0 aliphatic carbocycles. The smallest absolute Gasteiger partial charge is 0.134 e. The lowest BCUT2D eigenvalue weighted by molar-refractivity contribution is 0.304. The molecule has 0 bridgehead atoms. The van der Waals surface area contributed by atoms with E-state index in [2.05, 4.69) is 15.9 Å². The Bertz CT molecular complexity index is 560. The van der Waals surface area contributed by atoms with Crippen molar-refractivity contribution in [3.05, 3.63) is 63.1 Å². The summed E-state index contributed by atoms with van der Waals surface area (Å²) in [7, 11) is 0. The molecule has 2 aromatic rings. The van der Waals surface area contributed by atoms with Crippen LogP contribution >= 0.6 is 27.5 Å². The standard InChI is InChI=1S/C15H15BrClNO/c16-14-9-11(6-7-18)4-5-15(14)19-10-12-2-1-3-13(17)8-12/h1-5,8-9H,6-7,10,18H2. The summed E-state index contributed by atoms with van der Waals surface area (Å²) in [6.07, 6.45) is 0.868. The normalized spacial score (nSPS) is 10.5. The first-order valence-corrected chi connectivity index (χ1v) is 7.22. The van der Waals surface area contributed by atoms with Crippen LogP contribution in [0, 0.1) is 0 Å². The number of halogens is 2. The Hall–Kier alpha value is -1.03. The fraction of sp³-hybridized carbons (Fsp3) is 0.200. The van der Waals surface area contributed by atoms with Gasteiger partial charge in [0.1, 0.15) is 12.4 Å². The summed E-state index contributed by atoms with van der Waals surface area (Å²) in [4.78, 5) is 0. The van der Waals surface area contributed by atoms with Crippen LogP contribution in [0.2, 0.25) is 5.02 Å². The molecular weight excluding hydrogens is 326 g/mol. The molecule has 2 rings (SSSR count). The maximum Gasteiger partial charge on any atom is 0.134 e. The summed E-state index contributed by atoms with van der Waals surface area (Å²) in [5.74, 6) is 0.820. The molecule has 19 heavy (non-hydrogen) atoms. The van der Waals surface area contributed by atoms with Crippen LogP contribution in [0.15, 0.2) is 46.9 Å². The number of ether oxygens (including phenoxy) is 1. The van der Waals surface area contributed by atoms with Crippen LogP contribution in [0.25, 0.3) is 0 Å². The van der Waals surface area contributed by atoms with Crippen molar-refractivity contribution in [1.29, 1.82) is 0 Å². The Kier molecular flexibility index (Phi) is 5.25. The molecule has 0 spiro atoms. The SMILES string of the molecule is NCCc1ccc(OCc2cccc(Cl)c2)c(Br)c1. The van der Waals surface area contributed by atoms with E-state index < -0.39 is 0 Å². The lowest BCUT2D eigenvalue weighted by Gasteiger charge is -2.10. The second kappa shape index (κ2) is 6.94. The van der Waals surface area contributed by atoms with E-state index in [-0.39, 0.29) is 0 Å². The van der Waals surface area contributed by atoms with E-state index in [1.54, 1.807) is 0 Å². The molecule has 100 valence electrons. The van der Waals surface area contributed by atoms with Crippen molar-refractivity contribution in [3.63, 3.8) is 0 Å². The molecule has 0 aliphatic heterocycles. The van der Waals surface area contributed by atoms with Crippen molar-refractivity contribution in [2.45, 2.75) is 13.0 Å². The Morgan fingerprint density at radius 1 is 1.11 bits per heavy atom. The van der Waals surface area contributed by atoms with Crippen molar-refractivity contribution in [2.75, 3.05) is 6.54 Å². The molecule has 4 heteroatoms. The third-order valence-electron chi connectivity index (χ3n) is 2.71. The lowest BCUT2D eigenvalue weighted by Crippen LogP contribution is -2.03. The van der Waals surface area contributed by atoms with Gasteiger partial charge in [0.25, 0.3) is 0 Å². The molecule has 2 aromatic carbocycles. The fourth-order valence-corrected chi connectivity index (χ4v) is 2.52. The van der Waals surface area contributed by atoms with Gasteiger partial charge >= 0.3 is 0 Å². The highest BCUT2D eigenvalue weighted by atomic mass is 79.9. The lowest BCUT2D eigenvalue weighted by atomic mass is 10.1. The van der Waals surface area contributed by atoms with Crippen molar-refractivity contribution in [3.8, 4) is 5.75 Å². The molecule has 2 nitrogen and oxygen atoms in total. The van der Waals surface area contributed by atoms with Gasteiger partial charge in [-0.3, -0.25) is 0 Å². The summed E-state index contributed by atoms with van der Waals surface area (Å²) in [6.45, 7) is 1.14. The molecule has 0 saturated heterocycles. The number of benzene rings is 2. The van der Waals surface area contributed by atoms with Crippen LogP contribution in [0.4, 0.5) is 0 Å². The summed E-state index contributed by atoms with van der Waals surface area (Å²) < 4.78 is 6.72. The second-order valence-electron chi connectivity index (χ2n) is 4.22.